The lowest BCUT2D eigenvalue weighted by atomic mass is 9.92. The molecule has 2 aliphatic rings. The number of hydrogen-bond acceptors (Lipinski definition) is 7. The smallest absolute Gasteiger partial charge is 0.225 e. The van der Waals surface area contributed by atoms with Crippen LogP contribution in [-0.2, 0) is 0 Å². The van der Waals surface area contributed by atoms with Crippen molar-refractivity contribution in [3.05, 3.63) is 66.7 Å². The van der Waals surface area contributed by atoms with Crippen LogP contribution in [0.3, 0.4) is 0 Å². The lowest BCUT2D eigenvalue weighted by molar-refractivity contribution is 0.0763. The largest absolute Gasteiger partial charge is 0.492 e. The quantitative estimate of drug-likeness (QED) is 0.665. The van der Waals surface area contributed by atoms with E-state index < -0.39 is 0 Å². The number of fused-ring (bicyclic) bond motifs is 1. The number of aromatic nitrogens is 3. The lowest BCUT2D eigenvalue weighted by Gasteiger charge is -2.36. The van der Waals surface area contributed by atoms with Crippen LogP contribution < -0.4 is 9.64 Å². The molecule has 0 radical (unpaired) electrons. The summed E-state index contributed by atoms with van der Waals surface area (Å²) in [5, 5.41) is 0. The van der Waals surface area contributed by atoms with Gasteiger partial charge in [-0.2, -0.15) is 0 Å². The molecule has 1 atom stereocenters. The van der Waals surface area contributed by atoms with Crippen molar-refractivity contribution in [3.8, 4) is 16.9 Å². The van der Waals surface area contributed by atoms with E-state index in [9.17, 15) is 4.79 Å². The highest BCUT2D eigenvalue weighted by atomic mass is 16.5. The van der Waals surface area contributed by atoms with Crippen molar-refractivity contribution in [3.63, 3.8) is 0 Å². The summed E-state index contributed by atoms with van der Waals surface area (Å²) in [6.07, 6.45) is 7.09. The van der Waals surface area contributed by atoms with Gasteiger partial charge in [-0.3, -0.25) is 14.7 Å². The fraction of sp³-hybridized carbons (Fsp3) is 0.304. The minimum Gasteiger partial charge on any atom is -0.492 e. The molecule has 3 aromatic rings. The molecule has 0 saturated carbocycles. The van der Waals surface area contributed by atoms with E-state index in [1.54, 1.807) is 18.6 Å². The minimum atomic E-state index is -0.152. The van der Waals surface area contributed by atoms with Crippen LogP contribution in [0.15, 0.2) is 61.2 Å². The summed E-state index contributed by atoms with van der Waals surface area (Å²) in [6, 6.07) is 11.5. The van der Waals surface area contributed by atoms with Crippen molar-refractivity contribution >= 4 is 11.7 Å². The van der Waals surface area contributed by atoms with Crippen LogP contribution in [0.2, 0.25) is 0 Å². The molecule has 0 aliphatic carbocycles. The summed E-state index contributed by atoms with van der Waals surface area (Å²) in [5.41, 5.74) is 2.65. The topological polar surface area (TPSA) is 71.5 Å². The van der Waals surface area contributed by atoms with E-state index in [0.29, 0.717) is 24.5 Å². The molecule has 152 valence electrons. The van der Waals surface area contributed by atoms with Crippen LogP contribution in [0.4, 0.5) is 5.95 Å². The number of pyridine rings is 1. The summed E-state index contributed by atoms with van der Waals surface area (Å²) in [7, 11) is 0. The molecule has 2 aliphatic heterocycles. The van der Waals surface area contributed by atoms with Crippen molar-refractivity contribution in [2.45, 2.75) is 0 Å². The predicted molar refractivity (Wildman–Crippen MR) is 114 cm³/mol. The number of anilines is 1. The van der Waals surface area contributed by atoms with E-state index in [2.05, 4.69) is 24.8 Å². The highest BCUT2D eigenvalue weighted by Gasteiger charge is 2.31. The van der Waals surface area contributed by atoms with Crippen LogP contribution in [-0.4, -0.2) is 65.0 Å². The van der Waals surface area contributed by atoms with Crippen molar-refractivity contribution in [1.82, 2.24) is 19.9 Å². The fourth-order valence-corrected chi connectivity index (χ4v) is 4.08. The molecular formula is C23H23N5O2. The zero-order valence-corrected chi connectivity index (χ0v) is 16.6. The number of piperazine rings is 1. The molecule has 0 amide bonds. The minimum absolute atomic E-state index is 0.152. The summed E-state index contributed by atoms with van der Waals surface area (Å²) < 4.78 is 5.94. The third-order valence-corrected chi connectivity index (χ3v) is 5.74. The Labute approximate surface area is 175 Å². The molecule has 1 saturated heterocycles. The number of nitrogens with zero attached hydrogens (tertiary/aromatic N) is 5. The number of carbonyl (C=O) groups excluding carboxylic acids is 1. The second-order valence-electron chi connectivity index (χ2n) is 7.66. The Kier molecular flexibility index (Phi) is 5.11. The van der Waals surface area contributed by atoms with Gasteiger partial charge in [0.05, 0.1) is 18.1 Å². The van der Waals surface area contributed by atoms with Crippen LogP contribution in [0, 0.1) is 5.92 Å². The number of ether oxygens (including phenoxy) is 1. The average Bonchev–Trinajstić information content (AvgIpc) is 2.82. The predicted octanol–water partition coefficient (Wildman–Crippen LogP) is 2.55. The molecule has 7 heteroatoms. The van der Waals surface area contributed by atoms with Crippen molar-refractivity contribution in [1.29, 1.82) is 0 Å². The van der Waals surface area contributed by atoms with Crippen LogP contribution in [0.25, 0.3) is 11.1 Å². The Bertz CT molecular complexity index is 1020. The van der Waals surface area contributed by atoms with E-state index in [4.69, 9.17) is 4.74 Å². The Morgan fingerprint density at radius 1 is 0.967 bits per heavy atom. The molecule has 1 unspecified atom stereocenters. The molecular weight excluding hydrogens is 378 g/mol. The molecule has 0 spiro atoms. The molecule has 30 heavy (non-hydrogen) atoms. The molecule has 2 aromatic heterocycles. The van der Waals surface area contributed by atoms with Gasteiger partial charge in [0.1, 0.15) is 5.75 Å². The fourth-order valence-electron chi connectivity index (χ4n) is 4.08. The highest BCUT2D eigenvalue weighted by Crippen LogP contribution is 2.32. The normalized spacial score (nSPS) is 19.3. The van der Waals surface area contributed by atoms with Crippen molar-refractivity contribution in [2.75, 3.05) is 44.2 Å². The molecule has 5 rings (SSSR count). The number of rotatable bonds is 4. The van der Waals surface area contributed by atoms with Gasteiger partial charge in [0.25, 0.3) is 0 Å². The SMILES string of the molecule is O=C1c2cc(-c3cccnc3)ccc2OCC1CN1CCN(c2ncccn2)CC1. The van der Waals surface area contributed by atoms with Gasteiger partial charge >= 0.3 is 0 Å². The Morgan fingerprint density at radius 2 is 1.80 bits per heavy atom. The summed E-state index contributed by atoms with van der Waals surface area (Å²) in [5.74, 6) is 1.46. The first-order chi connectivity index (χ1) is 14.8. The van der Waals surface area contributed by atoms with Gasteiger partial charge in [-0.05, 0) is 29.8 Å². The van der Waals surface area contributed by atoms with Gasteiger partial charge in [0.2, 0.25) is 5.95 Å². The van der Waals surface area contributed by atoms with E-state index in [1.165, 1.54) is 0 Å². The van der Waals surface area contributed by atoms with Gasteiger partial charge in [-0.1, -0.05) is 12.1 Å². The number of benzene rings is 1. The third-order valence-electron chi connectivity index (χ3n) is 5.74. The van der Waals surface area contributed by atoms with E-state index in [1.807, 2.05) is 42.6 Å². The Morgan fingerprint density at radius 3 is 2.57 bits per heavy atom. The Hall–Kier alpha value is -3.32. The second-order valence-corrected chi connectivity index (χ2v) is 7.66. The number of ketones is 1. The molecule has 1 fully saturated rings. The summed E-state index contributed by atoms with van der Waals surface area (Å²) in [6.45, 7) is 4.61. The first-order valence-corrected chi connectivity index (χ1v) is 10.2. The first kappa shape index (κ1) is 18.7. The van der Waals surface area contributed by atoms with E-state index >= 15 is 0 Å². The molecule has 1 aromatic carbocycles. The van der Waals surface area contributed by atoms with Crippen LogP contribution in [0.5, 0.6) is 5.75 Å². The second kappa shape index (κ2) is 8.20. The molecule has 7 nitrogen and oxygen atoms in total. The third kappa shape index (κ3) is 3.76. The summed E-state index contributed by atoms with van der Waals surface area (Å²) in [4.78, 5) is 30.6. The zero-order chi connectivity index (χ0) is 20.3. The van der Waals surface area contributed by atoms with E-state index in [-0.39, 0.29) is 11.7 Å². The maximum absolute atomic E-state index is 13.2. The maximum Gasteiger partial charge on any atom is 0.225 e. The zero-order valence-electron chi connectivity index (χ0n) is 16.6. The average molecular weight is 401 g/mol. The van der Waals surface area contributed by atoms with Gasteiger partial charge in [0, 0.05) is 63.1 Å². The standard InChI is InChI=1S/C23H23N5O2/c29-22-19(15-27-9-11-28(12-10-27)23-25-7-2-8-26-23)16-30-21-5-4-17(13-20(21)22)18-3-1-6-24-14-18/h1-8,13-14,19H,9-12,15-16H2. The molecule has 4 heterocycles. The highest BCUT2D eigenvalue weighted by molar-refractivity contribution is 6.02. The first-order valence-electron chi connectivity index (χ1n) is 10.2. The number of hydrogen-bond donors (Lipinski definition) is 0. The van der Waals surface area contributed by atoms with Crippen LogP contribution >= 0.6 is 0 Å². The lowest BCUT2D eigenvalue weighted by Crippen LogP contribution is -2.50. The van der Waals surface area contributed by atoms with Gasteiger partial charge < -0.3 is 9.64 Å². The summed E-state index contributed by atoms with van der Waals surface area (Å²) >= 11 is 0. The molecule has 0 bridgehead atoms. The van der Waals surface area contributed by atoms with Gasteiger partial charge in [-0.25, -0.2) is 9.97 Å². The van der Waals surface area contributed by atoms with Crippen LogP contribution in [0.1, 0.15) is 10.4 Å². The van der Waals surface area contributed by atoms with Crippen molar-refractivity contribution in [2.24, 2.45) is 5.92 Å². The number of carbonyl (C=O) groups is 1. The maximum atomic E-state index is 13.2. The van der Waals surface area contributed by atoms with Gasteiger partial charge in [-0.15, -0.1) is 0 Å². The monoisotopic (exact) mass is 401 g/mol. The van der Waals surface area contributed by atoms with Gasteiger partial charge in [0.15, 0.2) is 5.78 Å². The number of Topliss-reactive ketones (excluding diaryl/α,β-unsaturated/α-hetero) is 1. The van der Waals surface area contributed by atoms with Crippen molar-refractivity contribution < 1.29 is 9.53 Å². The van der Waals surface area contributed by atoms with E-state index in [0.717, 1.165) is 43.3 Å². The Balaban J connectivity index is 1.25. The molecule has 0 N–H and O–H groups in total.